The van der Waals surface area contributed by atoms with Gasteiger partial charge < -0.3 is 15.2 Å². The summed E-state index contributed by atoms with van der Waals surface area (Å²) in [6.07, 6.45) is 0. The van der Waals surface area contributed by atoms with Gasteiger partial charge in [0.1, 0.15) is 11.5 Å². The minimum absolute atomic E-state index is 0.0584. The summed E-state index contributed by atoms with van der Waals surface area (Å²) in [6, 6.07) is 17.8. The summed E-state index contributed by atoms with van der Waals surface area (Å²) in [7, 11) is -0.829. The molecule has 0 saturated carbocycles. The molecule has 0 aliphatic heterocycles. The summed E-state index contributed by atoms with van der Waals surface area (Å²) in [5, 5.41) is 0. The topological polar surface area (TPSA) is 108 Å². The number of carbonyl (C=O) groups is 1. The Morgan fingerprint density at radius 2 is 1.48 bits per heavy atom. The summed E-state index contributed by atoms with van der Waals surface area (Å²) >= 11 is 0. The zero-order valence-electron chi connectivity index (χ0n) is 15.9. The Labute approximate surface area is 169 Å². The van der Waals surface area contributed by atoms with Gasteiger partial charge >= 0.3 is 0 Å². The number of nitrogens with two attached hydrogens (primary N) is 1. The van der Waals surface area contributed by atoms with Gasteiger partial charge in [0.25, 0.3) is 15.9 Å². The van der Waals surface area contributed by atoms with Gasteiger partial charge in [-0.3, -0.25) is 9.52 Å². The fraction of sp³-hybridized carbons (Fsp3) is 0.0952. The van der Waals surface area contributed by atoms with E-state index >= 15 is 0 Å². The van der Waals surface area contributed by atoms with Gasteiger partial charge in [0.2, 0.25) is 0 Å². The van der Waals surface area contributed by atoms with E-state index in [9.17, 15) is 13.2 Å². The molecule has 0 saturated heterocycles. The van der Waals surface area contributed by atoms with Crippen molar-refractivity contribution in [2.24, 2.45) is 5.73 Å². The Bertz CT molecular complexity index is 1120. The molecule has 0 bridgehead atoms. The molecule has 0 atom stereocenters. The maximum absolute atomic E-state index is 12.7. The molecule has 0 heterocycles. The molecule has 1 amide bonds. The average Bonchev–Trinajstić information content (AvgIpc) is 2.73. The van der Waals surface area contributed by atoms with E-state index in [1.807, 2.05) is 0 Å². The number of anilines is 1. The van der Waals surface area contributed by atoms with Crippen molar-refractivity contribution in [1.29, 1.82) is 0 Å². The van der Waals surface area contributed by atoms with E-state index in [2.05, 4.69) is 4.72 Å². The second-order valence-electron chi connectivity index (χ2n) is 6.14. The van der Waals surface area contributed by atoms with Gasteiger partial charge in [-0.05, 0) is 47.5 Å². The molecule has 3 aromatic carbocycles. The van der Waals surface area contributed by atoms with Crippen LogP contribution < -0.4 is 19.9 Å². The first-order chi connectivity index (χ1) is 13.8. The van der Waals surface area contributed by atoms with Crippen molar-refractivity contribution in [1.82, 2.24) is 0 Å². The van der Waals surface area contributed by atoms with Gasteiger partial charge in [-0.15, -0.1) is 0 Å². The molecule has 0 spiro atoms. The standard InChI is InChI=1S/C21H20N2O5S/c1-27-16-10-15(11-17(13-16)28-2)14-8-9-19(21(22)24)20(12-14)23-29(25,26)18-6-4-3-5-7-18/h3-13,23H,1-2H3,(H2,22,24). The number of ether oxygens (including phenoxy) is 2. The zero-order valence-corrected chi connectivity index (χ0v) is 16.7. The van der Waals surface area contributed by atoms with Crippen LogP contribution in [0, 0.1) is 0 Å². The lowest BCUT2D eigenvalue weighted by Gasteiger charge is -2.14. The van der Waals surface area contributed by atoms with E-state index in [1.54, 1.807) is 48.5 Å². The average molecular weight is 412 g/mol. The first kappa shape index (κ1) is 20.2. The van der Waals surface area contributed by atoms with Gasteiger partial charge in [0, 0.05) is 6.07 Å². The van der Waals surface area contributed by atoms with E-state index in [1.165, 1.54) is 32.4 Å². The molecule has 0 fully saturated rings. The molecule has 8 heteroatoms. The number of rotatable bonds is 7. The van der Waals surface area contributed by atoms with Crippen molar-refractivity contribution in [2.75, 3.05) is 18.9 Å². The first-order valence-corrected chi connectivity index (χ1v) is 10.1. The van der Waals surface area contributed by atoms with Crippen LogP contribution in [-0.4, -0.2) is 28.5 Å². The molecule has 3 aromatic rings. The maximum Gasteiger partial charge on any atom is 0.261 e. The molecule has 150 valence electrons. The van der Waals surface area contributed by atoms with E-state index in [0.29, 0.717) is 17.1 Å². The highest BCUT2D eigenvalue weighted by Gasteiger charge is 2.18. The largest absolute Gasteiger partial charge is 0.497 e. The van der Waals surface area contributed by atoms with Crippen molar-refractivity contribution in [3.63, 3.8) is 0 Å². The number of nitrogens with one attached hydrogen (secondary N) is 1. The number of sulfonamides is 1. The van der Waals surface area contributed by atoms with Crippen molar-refractivity contribution < 1.29 is 22.7 Å². The highest BCUT2D eigenvalue weighted by Crippen LogP contribution is 2.32. The molecule has 0 aliphatic rings. The molecule has 3 rings (SSSR count). The van der Waals surface area contributed by atoms with E-state index < -0.39 is 15.9 Å². The van der Waals surface area contributed by atoms with E-state index in [-0.39, 0.29) is 16.1 Å². The van der Waals surface area contributed by atoms with Gasteiger partial charge in [-0.25, -0.2) is 8.42 Å². The van der Waals surface area contributed by atoms with Crippen molar-refractivity contribution >= 4 is 21.6 Å². The molecule has 0 aromatic heterocycles. The van der Waals surface area contributed by atoms with Gasteiger partial charge in [-0.2, -0.15) is 0 Å². The number of benzene rings is 3. The second-order valence-corrected chi connectivity index (χ2v) is 7.83. The smallest absolute Gasteiger partial charge is 0.261 e. The van der Waals surface area contributed by atoms with Crippen LogP contribution >= 0.6 is 0 Å². The molecular weight excluding hydrogens is 392 g/mol. The minimum Gasteiger partial charge on any atom is -0.497 e. The minimum atomic E-state index is -3.90. The van der Waals surface area contributed by atoms with Crippen molar-refractivity contribution in [3.05, 3.63) is 72.3 Å². The zero-order chi connectivity index (χ0) is 21.0. The van der Waals surface area contributed by atoms with Gasteiger partial charge in [-0.1, -0.05) is 24.3 Å². The maximum atomic E-state index is 12.7. The predicted octanol–water partition coefficient (Wildman–Crippen LogP) is 3.27. The molecular formula is C21H20N2O5S. The van der Waals surface area contributed by atoms with Crippen LogP contribution in [0.1, 0.15) is 10.4 Å². The normalized spacial score (nSPS) is 11.0. The highest BCUT2D eigenvalue weighted by atomic mass is 32.2. The third kappa shape index (κ3) is 4.49. The van der Waals surface area contributed by atoms with Gasteiger partial charge in [0.05, 0.1) is 30.4 Å². The molecule has 3 N–H and O–H groups in total. The summed E-state index contributed by atoms with van der Waals surface area (Å²) in [5.74, 6) is 0.403. The number of amides is 1. The third-order valence-electron chi connectivity index (χ3n) is 4.27. The van der Waals surface area contributed by atoms with Crippen LogP contribution in [-0.2, 0) is 10.0 Å². The van der Waals surface area contributed by atoms with Crippen LogP contribution in [0.5, 0.6) is 11.5 Å². The number of hydrogen-bond donors (Lipinski definition) is 2. The fourth-order valence-electron chi connectivity index (χ4n) is 2.80. The van der Waals surface area contributed by atoms with E-state index in [0.717, 1.165) is 5.56 Å². The van der Waals surface area contributed by atoms with Crippen LogP contribution in [0.4, 0.5) is 5.69 Å². The number of carbonyl (C=O) groups excluding carboxylic acids is 1. The van der Waals surface area contributed by atoms with Crippen LogP contribution in [0.15, 0.2) is 71.6 Å². The van der Waals surface area contributed by atoms with Crippen molar-refractivity contribution in [2.45, 2.75) is 4.90 Å². The second kappa shape index (κ2) is 8.24. The number of primary amides is 1. The van der Waals surface area contributed by atoms with Crippen LogP contribution in [0.3, 0.4) is 0 Å². The number of methoxy groups -OCH3 is 2. The Kier molecular flexibility index (Phi) is 5.74. The lowest BCUT2D eigenvalue weighted by Crippen LogP contribution is -2.18. The Morgan fingerprint density at radius 1 is 0.862 bits per heavy atom. The molecule has 0 unspecified atom stereocenters. The lowest BCUT2D eigenvalue weighted by atomic mass is 10.0. The lowest BCUT2D eigenvalue weighted by molar-refractivity contribution is 0.100. The predicted molar refractivity (Wildman–Crippen MR) is 111 cm³/mol. The van der Waals surface area contributed by atoms with Crippen LogP contribution in [0.25, 0.3) is 11.1 Å². The summed E-state index contributed by atoms with van der Waals surface area (Å²) in [5.41, 5.74) is 6.95. The number of hydrogen-bond acceptors (Lipinski definition) is 5. The monoisotopic (exact) mass is 412 g/mol. The highest BCUT2D eigenvalue weighted by molar-refractivity contribution is 7.92. The molecule has 0 radical (unpaired) electrons. The fourth-order valence-corrected chi connectivity index (χ4v) is 3.89. The molecule has 0 aliphatic carbocycles. The first-order valence-electron chi connectivity index (χ1n) is 8.59. The Morgan fingerprint density at radius 3 is 2.03 bits per heavy atom. The molecule has 7 nitrogen and oxygen atoms in total. The van der Waals surface area contributed by atoms with Gasteiger partial charge in [0.15, 0.2) is 0 Å². The quantitative estimate of drug-likeness (QED) is 0.619. The summed E-state index contributed by atoms with van der Waals surface area (Å²) < 4.78 is 38.5. The van der Waals surface area contributed by atoms with Crippen molar-refractivity contribution in [3.8, 4) is 22.6 Å². The SMILES string of the molecule is COc1cc(OC)cc(-c2ccc(C(N)=O)c(NS(=O)(=O)c3ccccc3)c2)c1. The van der Waals surface area contributed by atoms with Crippen LogP contribution in [0.2, 0.25) is 0 Å². The summed E-state index contributed by atoms with van der Waals surface area (Å²) in [4.78, 5) is 11.9. The molecule has 29 heavy (non-hydrogen) atoms. The Hall–Kier alpha value is -3.52. The third-order valence-corrected chi connectivity index (χ3v) is 5.65. The van der Waals surface area contributed by atoms with E-state index in [4.69, 9.17) is 15.2 Å². The Balaban J connectivity index is 2.09. The summed E-state index contributed by atoms with van der Waals surface area (Å²) in [6.45, 7) is 0.